The summed E-state index contributed by atoms with van der Waals surface area (Å²) in [6.45, 7) is 2.28. The highest BCUT2D eigenvalue weighted by molar-refractivity contribution is 5.34. The molecule has 2 fully saturated rings. The van der Waals surface area contributed by atoms with E-state index in [0.717, 1.165) is 30.0 Å². The smallest absolute Gasteiger partial charge is 0.0829 e. The van der Waals surface area contributed by atoms with Gasteiger partial charge in [-0.1, -0.05) is 37.6 Å². The van der Waals surface area contributed by atoms with Crippen LogP contribution in [0.2, 0.25) is 0 Å². The maximum atomic E-state index is 12.5. The van der Waals surface area contributed by atoms with Crippen LogP contribution in [0.3, 0.4) is 0 Å². The summed E-state index contributed by atoms with van der Waals surface area (Å²) < 4.78 is 12.5. The Balaban J connectivity index is 1.35. The quantitative estimate of drug-likeness (QED) is 0.506. The van der Waals surface area contributed by atoms with Gasteiger partial charge in [-0.25, -0.2) is 4.39 Å². The summed E-state index contributed by atoms with van der Waals surface area (Å²) in [6, 6.07) is 7.36. The van der Waals surface area contributed by atoms with Crippen molar-refractivity contribution in [1.82, 2.24) is 0 Å². The first-order valence-corrected chi connectivity index (χ1v) is 11.6. The van der Waals surface area contributed by atoms with E-state index in [2.05, 4.69) is 25.1 Å². The van der Waals surface area contributed by atoms with Crippen LogP contribution in [0.15, 0.2) is 30.6 Å². The molecular weight excluding hydrogens is 331 g/mol. The molecule has 0 radical (unpaired) electrons. The van der Waals surface area contributed by atoms with Crippen molar-refractivity contribution >= 4 is 0 Å². The monoisotopic (exact) mass is 368 g/mol. The predicted octanol–water partition coefficient (Wildman–Crippen LogP) is 7.45. The van der Waals surface area contributed by atoms with E-state index in [0.29, 0.717) is 5.92 Å². The van der Waals surface area contributed by atoms with Crippen LogP contribution < -0.4 is 0 Å². The first-order valence-electron chi connectivity index (χ1n) is 11.6. The average molecular weight is 369 g/mol. The first kappa shape index (κ1) is 19.2. The van der Waals surface area contributed by atoms with Crippen LogP contribution in [0, 0.1) is 29.6 Å². The van der Waals surface area contributed by atoms with E-state index >= 15 is 0 Å². The summed E-state index contributed by atoms with van der Waals surface area (Å²) in [5.41, 5.74) is 4.84. The van der Waals surface area contributed by atoms with Crippen molar-refractivity contribution in [1.29, 1.82) is 0 Å². The number of allylic oxidation sites excluding steroid dienone is 1. The Bertz CT molecular complexity index is 646. The number of halogens is 1. The Kier molecular flexibility index (Phi) is 6.35. The minimum Gasteiger partial charge on any atom is -0.216 e. The number of hydrogen-bond acceptors (Lipinski definition) is 0. The van der Waals surface area contributed by atoms with Gasteiger partial charge in [0.2, 0.25) is 0 Å². The highest BCUT2D eigenvalue weighted by Gasteiger charge is 2.38. The van der Waals surface area contributed by atoms with Crippen molar-refractivity contribution in [3.63, 3.8) is 0 Å². The summed E-state index contributed by atoms with van der Waals surface area (Å²) in [5.74, 6) is 4.14. The van der Waals surface area contributed by atoms with E-state index < -0.39 is 0 Å². The van der Waals surface area contributed by atoms with E-state index in [4.69, 9.17) is 0 Å². The predicted molar refractivity (Wildman–Crippen MR) is 112 cm³/mol. The number of benzene rings is 1. The third kappa shape index (κ3) is 4.49. The zero-order valence-corrected chi connectivity index (χ0v) is 17.1. The Morgan fingerprint density at radius 2 is 1.70 bits per heavy atom. The summed E-state index contributed by atoms with van der Waals surface area (Å²) in [7, 11) is 0. The van der Waals surface area contributed by atoms with Gasteiger partial charge < -0.3 is 0 Å². The highest BCUT2D eigenvalue weighted by Crippen LogP contribution is 2.48. The van der Waals surface area contributed by atoms with Crippen molar-refractivity contribution < 1.29 is 4.39 Å². The van der Waals surface area contributed by atoms with Crippen molar-refractivity contribution in [3.8, 4) is 0 Å². The van der Waals surface area contributed by atoms with Gasteiger partial charge in [0, 0.05) is 0 Å². The molecule has 0 nitrogen and oxygen atoms in total. The van der Waals surface area contributed by atoms with E-state index in [-0.39, 0.29) is 0 Å². The molecule has 0 aliphatic heterocycles. The lowest BCUT2D eigenvalue weighted by atomic mass is 9.61. The number of rotatable bonds is 5. The van der Waals surface area contributed by atoms with E-state index in [1.54, 1.807) is 16.7 Å². The van der Waals surface area contributed by atoms with Crippen LogP contribution in [0.5, 0.6) is 0 Å². The Hall–Kier alpha value is -1.11. The average Bonchev–Trinajstić information content (AvgIpc) is 2.71. The summed E-state index contributed by atoms with van der Waals surface area (Å²) in [6.07, 6.45) is 18.5. The van der Waals surface area contributed by atoms with E-state index in [9.17, 15) is 4.39 Å². The molecule has 27 heavy (non-hydrogen) atoms. The van der Waals surface area contributed by atoms with Crippen LogP contribution >= 0.6 is 0 Å². The molecule has 0 heterocycles. The second kappa shape index (κ2) is 8.93. The molecule has 0 amide bonds. The van der Waals surface area contributed by atoms with Crippen molar-refractivity contribution in [2.75, 3.05) is 0 Å². The summed E-state index contributed by atoms with van der Waals surface area (Å²) in [5, 5.41) is 0. The standard InChI is InChI=1S/C26H37F/c1-2-3-4-19-5-7-23-17-25(11-9-21(23)15-19)26-12-10-22-16-20(13-14-27)6-8-24(22)18-26/h5,7,13-15,20,22,24-26H,2-4,6,8-12,16-18H2,1H3/b14-13+. The first-order chi connectivity index (χ1) is 13.3. The normalized spacial score (nSPS) is 33.6. The zero-order valence-electron chi connectivity index (χ0n) is 17.1. The molecule has 1 heteroatoms. The fourth-order valence-electron chi connectivity index (χ4n) is 6.44. The van der Waals surface area contributed by atoms with Gasteiger partial charge in [-0.15, -0.1) is 0 Å². The molecule has 0 N–H and O–H groups in total. The number of aryl methyl sites for hydroxylation is 2. The fraction of sp³-hybridized carbons (Fsp3) is 0.692. The Labute approximate surface area is 165 Å². The maximum absolute atomic E-state index is 12.5. The van der Waals surface area contributed by atoms with Gasteiger partial charge in [0.05, 0.1) is 6.33 Å². The molecule has 3 aliphatic carbocycles. The van der Waals surface area contributed by atoms with Crippen LogP contribution in [0.4, 0.5) is 4.39 Å². The fourth-order valence-corrected chi connectivity index (χ4v) is 6.44. The molecule has 0 spiro atoms. The Morgan fingerprint density at radius 3 is 2.52 bits per heavy atom. The number of fused-ring (bicyclic) bond motifs is 2. The van der Waals surface area contributed by atoms with E-state index in [1.807, 2.05) is 6.08 Å². The molecule has 1 aromatic rings. The molecule has 148 valence electrons. The third-order valence-electron chi connectivity index (χ3n) is 8.06. The molecule has 2 saturated carbocycles. The third-order valence-corrected chi connectivity index (χ3v) is 8.06. The number of hydrogen-bond donors (Lipinski definition) is 0. The van der Waals surface area contributed by atoms with Crippen molar-refractivity contribution in [2.45, 2.75) is 84.0 Å². The van der Waals surface area contributed by atoms with E-state index in [1.165, 1.54) is 77.0 Å². The van der Waals surface area contributed by atoms with Gasteiger partial charge in [-0.2, -0.15) is 0 Å². The molecular formula is C26H37F. The molecule has 0 bridgehead atoms. The molecule has 0 saturated heterocycles. The molecule has 1 aromatic carbocycles. The van der Waals surface area contributed by atoms with Crippen LogP contribution in [-0.2, 0) is 19.3 Å². The van der Waals surface area contributed by atoms with Gasteiger partial charge in [0.25, 0.3) is 0 Å². The van der Waals surface area contributed by atoms with Gasteiger partial charge in [-0.3, -0.25) is 0 Å². The van der Waals surface area contributed by atoms with Gasteiger partial charge in [0.1, 0.15) is 0 Å². The molecule has 4 rings (SSSR count). The largest absolute Gasteiger partial charge is 0.216 e. The number of unbranched alkanes of at least 4 members (excludes halogenated alkanes) is 1. The second-order valence-electron chi connectivity index (χ2n) is 9.69. The lowest BCUT2D eigenvalue weighted by Crippen LogP contribution is -2.34. The molecule has 5 atom stereocenters. The van der Waals surface area contributed by atoms with Crippen molar-refractivity contribution in [3.05, 3.63) is 47.3 Å². The zero-order chi connectivity index (χ0) is 18.6. The van der Waals surface area contributed by atoms with Crippen LogP contribution in [-0.4, -0.2) is 0 Å². The minimum atomic E-state index is 0.510. The molecule has 0 aromatic heterocycles. The maximum Gasteiger partial charge on any atom is 0.0829 e. The summed E-state index contributed by atoms with van der Waals surface area (Å²) >= 11 is 0. The lowest BCUT2D eigenvalue weighted by Gasteiger charge is -2.44. The van der Waals surface area contributed by atoms with Crippen molar-refractivity contribution in [2.24, 2.45) is 29.6 Å². The highest BCUT2D eigenvalue weighted by atomic mass is 19.1. The molecule has 3 aliphatic rings. The minimum absolute atomic E-state index is 0.510. The van der Waals surface area contributed by atoms with Gasteiger partial charge in [-0.05, 0) is 117 Å². The SMILES string of the molecule is CCCCc1ccc2c(c1)CCC(C1CCC3CC(/C=C/F)CCC3C1)C2. The van der Waals surface area contributed by atoms with Gasteiger partial charge in [0.15, 0.2) is 0 Å². The lowest BCUT2D eigenvalue weighted by molar-refractivity contribution is 0.0809. The summed E-state index contributed by atoms with van der Waals surface area (Å²) in [4.78, 5) is 0. The van der Waals surface area contributed by atoms with Crippen LogP contribution in [0.25, 0.3) is 0 Å². The second-order valence-corrected chi connectivity index (χ2v) is 9.69. The Morgan fingerprint density at radius 1 is 0.926 bits per heavy atom. The van der Waals surface area contributed by atoms with Crippen LogP contribution in [0.1, 0.15) is 81.4 Å². The topological polar surface area (TPSA) is 0 Å². The molecule has 5 unspecified atom stereocenters. The van der Waals surface area contributed by atoms with Gasteiger partial charge >= 0.3 is 0 Å².